The standard InChI is InChI=1S/C22H30N4O2.HI/c1-3-28-17-19-10-8-18(9-11-19)16-24-22(23-2)26-14-12-25(13-15-26)20-6-4-5-7-21(20)27;/h4-11,27H,3,12-17H2,1-2H3,(H,23,24);1H. The van der Waals surface area contributed by atoms with Gasteiger partial charge in [0.2, 0.25) is 0 Å². The molecule has 1 aliphatic heterocycles. The van der Waals surface area contributed by atoms with E-state index in [9.17, 15) is 5.11 Å². The van der Waals surface area contributed by atoms with Crippen molar-refractivity contribution in [1.82, 2.24) is 10.2 Å². The molecule has 7 heteroatoms. The Morgan fingerprint density at radius 2 is 1.69 bits per heavy atom. The summed E-state index contributed by atoms with van der Waals surface area (Å²) in [7, 11) is 1.82. The normalized spacial score (nSPS) is 14.5. The van der Waals surface area contributed by atoms with Crippen LogP contribution in [-0.2, 0) is 17.9 Å². The maximum atomic E-state index is 10.1. The van der Waals surface area contributed by atoms with Crippen molar-refractivity contribution in [2.45, 2.75) is 20.1 Å². The molecule has 1 fully saturated rings. The summed E-state index contributed by atoms with van der Waals surface area (Å²) in [5.74, 6) is 1.25. The van der Waals surface area contributed by atoms with Crippen LogP contribution in [0.5, 0.6) is 5.75 Å². The molecule has 0 atom stereocenters. The number of piperazine rings is 1. The molecule has 2 aromatic carbocycles. The fourth-order valence-electron chi connectivity index (χ4n) is 3.38. The number of hydrogen-bond donors (Lipinski definition) is 2. The number of hydrogen-bond acceptors (Lipinski definition) is 4. The van der Waals surface area contributed by atoms with Gasteiger partial charge in [-0.3, -0.25) is 4.99 Å². The van der Waals surface area contributed by atoms with Crippen LogP contribution in [0.3, 0.4) is 0 Å². The first-order valence-corrected chi connectivity index (χ1v) is 9.85. The number of phenolic OH excluding ortho intramolecular Hbond substituents is 1. The summed E-state index contributed by atoms with van der Waals surface area (Å²) in [5.41, 5.74) is 3.31. The van der Waals surface area contributed by atoms with Crippen molar-refractivity contribution >= 4 is 35.6 Å². The number of phenols is 1. The van der Waals surface area contributed by atoms with Crippen molar-refractivity contribution in [2.75, 3.05) is 44.7 Å². The van der Waals surface area contributed by atoms with Crippen LogP contribution < -0.4 is 10.2 Å². The first kappa shape index (κ1) is 23.3. The number of aromatic hydroxyl groups is 1. The van der Waals surface area contributed by atoms with Gasteiger partial charge < -0.3 is 25.0 Å². The quantitative estimate of drug-likeness (QED) is 0.354. The third kappa shape index (κ3) is 6.50. The largest absolute Gasteiger partial charge is 0.506 e. The lowest BCUT2D eigenvalue weighted by atomic mass is 10.1. The molecule has 2 N–H and O–H groups in total. The Hall–Kier alpha value is -2.00. The Morgan fingerprint density at radius 3 is 2.31 bits per heavy atom. The zero-order chi connectivity index (χ0) is 19.8. The molecule has 0 aromatic heterocycles. The molecule has 0 amide bonds. The average molecular weight is 510 g/mol. The third-order valence-electron chi connectivity index (χ3n) is 4.96. The van der Waals surface area contributed by atoms with Crippen LogP contribution in [0.1, 0.15) is 18.1 Å². The van der Waals surface area contributed by atoms with E-state index < -0.39 is 0 Å². The molecule has 1 heterocycles. The van der Waals surface area contributed by atoms with Gasteiger partial charge in [0.15, 0.2) is 5.96 Å². The van der Waals surface area contributed by atoms with Crippen LogP contribution in [0.15, 0.2) is 53.5 Å². The molecule has 1 saturated heterocycles. The number of nitrogens with zero attached hydrogens (tertiary/aromatic N) is 3. The fourth-order valence-corrected chi connectivity index (χ4v) is 3.38. The van der Waals surface area contributed by atoms with Crippen molar-refractivity contribution in [2.24, 2.45) is 4.99 Å². The maximum Gasteiger partial charge on any atom is 0.194 e. The van der Waals surface area contributed by atoms with E-state index in [1.165, 1.54) is 11.1 Å². The van der Waals surface area contributed by atoms with Gasteiger partial charge in [-0.1, -0.05) is 36.4 Å². The van der Waals surface area contributed by atoms with E-state index in [4.69, 9.17) is 4.74 Å². The van der Waals surface area contributed by atoms with Gasteiger partial charge in [-0.15, -0.1) is 24.0 Å². The zero-order valence-electron chi connectivity index (χ0n) is 17.2. The molecule has 6 nitrogen and oxygen atoms in total. The van der Waals surface area contributed by atoms with Gasteiger partial charge in [0.05, 0.1) is 12.3 Å². The summed E-state index contributed by atoms with van der Waals surface area (Å²) in [5, 5.41) is 13.5. The van der Waals surface area contributed by atoms with E-state index >= 15 is 0 Å². The Morgan fingerprint density at radius 1 is 1.03 bits per heavy atom. The van der Waals surface area contributed by atoms with Gasteiger partial charge in [-0.2, -0.15) is 0 Å². The van der Waals surface area contributed by atoms with Gasteiger partial charge in [-0.05, 0) is 30.2 Å². The molecular weight excluding hydrogens is 479 g/mol. The number of rotatable bonds is 6. The fraction of sp³-hybridized carbons (Fsp3) is 0.409. The van der Waals surface area contributed by atoms with Gasteiger partial charge in [0, 0.05) is 46.4 Å². The third-order valence-corrected chi connectivity index (χ3v) is 4.96. The second-order valence-corrected chi connectivity index (χ2v) is 6.82. The number of aliphatic imine (C=N–C) groups is 1. The smallest absolute Gasteiger partial charge is 0.194 e. The summed E-state index contributed by atoms with van der Waals surface area (Å²) < 4.78 is 5.44. The van der Waals surface area contributed by atoms with Gasteiger partial charge in [-0.25, -0.2) is 0 Å². The summed E-state index contributed by atoms with van der Waals surface area (Å²) in [6.45, 7) is 7.56. The number of ether oxygens (including phenoxy) is 1. The minimum Gasteiger partial charge on any atom is -0.506 e. The van der Waals surface area contributed by atoms with Crippen molar-refractivity contribution in [3.8, 4) is 5.75 Å². The highest BCUT2D eigenvalue weighted by Crippen LogP contribution is 2.27. The highest BCUT2D eigenvalue weighted by molar-refractivity contribution is 14.0. The van der Waals surface area contributed by atoms with Crippen molar-refractivity contribution in [1.29, 1.82) is 0 Å². The second-order valence-electron chi connectivity index (χ2n) is 6.82. The first-order valence-electron chi connectivity index (χ1n) is 9.85. The maximum absolute atomic E-state index is 10.1. The van der Waals surface area contributed by atoms with Crippen LogP contribution in [0, 0.1) is 0 Å². The zero-order valence-corrected chi connectivity index (χ0v) is 19.5. The molecule has 0 spiro atoms. The minimum absolute atomic E-state index is 0. The van der Waals surface area contributed by atoms with E-state index in [-0.39, 0.29) is 24.0 Å². The van der Waals surface area contributed by atoms with E-state index in [0.29, 0.717) is 12.4 Å². The van der Waals surface area contributed by atoms with E-state index in [1.54, 1.807) is 6.07 Å². The van der Waals surface area contributed by atoms with Gasteiger partial charge >= 0.3 is 0 Å². The molecule has 29 heavy (non-hydrogen) atoms. The lowest BCUT2D eigenvalue weighted by molar-refractivity contribution is 0.134. The molecule has 0 radical (unpaired) electrons. The van der Waals surface area contributed by atoms with Gasteiger partial charge in [0.25, 0.3) is 0 Å². The van der Waals surface area contributed by atoms with Crippen LogP contribution in [0.4, 0.5) is 5.69 Å². The van der Waals surface area contributed by atoms with Crippen LogP contribution in [-0.4, -0.2) is 55.8 Å². The van der Waals surface area contributed by atoms with Crippen LogP contribution in [0.25, 0.3) is 0 Å². The molecule has 3 rings (SSSR count). The Balaban J connectivity index is 0.00000300. The van der Waals surface area contributed by atoms with Crippen LogP contribution >= 0.6 is 24.0 Å². The predicted molar refractivity (Wildman–Crippen MR) is 129 cm³/mol. The molecule has 158 valence electrons. The van der Waals surface area contributed by atoms with Crippen molar-refractivity contribution < 1.29 is 9.84 Å². The van der Waals surface area contributed by atoms with E-state index in [0.717, 1.165) is 51.0 Å². The van der Waals surface area contributed by atoms with Crippen LogP contribution in [0.2, 0.25) is 0 Å². The first-order chi connectivity index (χ1) is 13.7. The SMILES string of the molecule is CCOCc1ccc(CNC(=NC)N2CCN(c3ccccc3O)CC2)cc1.I. The number of benzene rings is 2. The lowest BCUT2D eigenvalue weighted by Crippen LogP contribution is -2.52. The summed E-state index contributed by atoms with van der Waals surface area (Å²) in [4.78, 5) is 8.93. The average Bonchev–Trinajstić information content (AvgIpc) is 2.74. The Labute approximate surface area is 190 Å². The molecule has 0 aliphatic carbocycles. The van der Waals surface area contributed by atoms with E-state index in [2.05, 4.69) is 44.4 Å². The molecule has 0 unspecified atom stereocenters. The number of halogens is 1. The molecule has 0 bridgehead atoms. The number of anilines is 1. The topological polar surface area (TPSA) is 60.3 Å². The summed E-state index contributed by atoms with van der Waals surface area (Å²) >= 11 is 0. The lowest BCUT2D eigenvalue weighted by Gasteiger charge is -2.37. The van der Waals surface area contributed by atoms with Crippen molar-refractivity contribution in [3.63, 3.8) is 0 Å². The molecule has 1 aliphatic rings. The summed E-state index contributed by atoms with van der Waals surface area (Å²) in [6, 6.07) is 16.0. The molecular formula is C22H31IN4O2. The molecule has 2 aromatic rings. The number of guanidine groups is 1. The minimum atomic E-state index is 0. The second kappa shape index (κ2) is 11.9. The Bertz CT molecular complexity index is 775. The highest BCUT2D eigenvalue weighted by atomic mass is 127. The van der Waals surface area contributed by atoms with Crippen molar-refractivity contribution in [3.05, 3.63) is 59.7 Å². The van der Waals surface area contributed by atoms with E-state index in [1.807, 2.05) is 32.2 Å². The number of nitrogens with one attached hydrogen (secondary N) is 1. The summed E-state index contributed by atoms with van der Waals surface area (Å²) in [6.07, 6.45) is 0. The predicted octanol–water partition coefficient (Wildman–Crippen LogP) is 3.44. The monoisotopic (exact) mass is 510 g/mol. The Kier molecular flexibility index (Phi) is 9.53. The van der Waals surface area contributed by atoms with Gasteiger partial charge in [0.1, 0.15) is 5.75 Å². The number of para-hydroxylation sites is 2. The molecule has 0 saturated carbocycles. The highest BCUT2D eigenvalue weighted by Gasteiger charge is 2.21.